The van der Waals surface area contributed by atoms with Gasteiger partial charge in [-0.15, -0.1) is 11.3 Å². The number of aromatic nitrogens is 2. The van der Waals surface area contributed by atoms with Gasteiger partial charge in [-0.2, -0.15) is 0 Å². The number of carbonyl (C=O) groups excluding carboxylic acids is 1. The van der Waals surface area contributed by atoms with E-state index in [1.165, 1.54) is 10.4 Å². The molecule has 1 aliphatic heterocycles. The number of esters is 1. The predicted octanol–water partition coefficient (Wildman–Crippen LogP) is 2.25. The van der Waals surface area contributed by atoms with E-state index in [1.54, 1.807) is 11.3 Å². The van der Waals surface area contributed by atoms with Gasteiger partial charge in [0.15, 0.2) is 0 Å². The van der Waals surface area contributed by atoms with E-state index in [0.29, 0.717) is 13.2 Å². The first kappa shape index (κ1) is 16.7. The van der Waals surface area contributed by atoms with Gasteiger partial charge in [-0.1, -0.05) is 0 Å². The summed E-state index contributed by atoms with van der Waals surface area (Å²) in [6, 6.07) is 0. The molecule has 0 radical (unpaired) electrons. The molecule has 0 amide bonds. The third-order valence-electron chi connectivity index (χ3n) is 5.20. The summed E-state index contributed by atoms with van der Waals surface area (Å²) >= 11 is 1.68. The number of thiophene rings is 1. The van der Waals surface area contributed by atoms with E-state index >= 15 is 0 Å². The van der Waals surface area contributed by atoms with Crippen LogP contribution in [0.25, 0.3) is 10.2 Å². The van der Waals surface area contributed by atoms with Crippen LogP contribution in [0.2, 0.25) is 0 Å². The molecule has 3 heterocycles. The standard InChI is InChI=1S/C18H23N3O3S/c1-2-24-18(23)11-6-8-21(9-7-11)10-14-19-16(22)15-12-4-3-5-13(12)25-17(15)20-14/h11H,2-10H2,1H3,(H,19,20,22). The number of hydrogen-bond acceptors (Lipinski definition) is 6. The van der Waals surface area contributed by atoms with Crippen molar-refractivity contribution in [2.45, 2.75) is 45.6 Å². The molecule has 0 bridgehead atoms. The fourth-order valence-corrected chi connectivity index (χ4v) is 5.20. The van der Waals surface area contributed by atoms with Gasteiger partial charge in [0.2, 0.25) is 0 Å². The van der Waals surface area contributed by atoms with E-state index in [1.807, 2.05) is 6.92 Å². The Kier molecular flexibility index (Phi) is 4.60. The SMILES string of the molecule is CCOC(=O)C1CCN(Cc2nc3sc4c(c3c(=O)[nH]2)CCC4)CC1. The minimum atomic E-state index is -0.0804. The minimum Gasteiger partial charge on any atom is -0.466 e. The average molecular weight is 361 g/mol. The molecule has 1 saturated heterocycles. The highest BCUT2D eigenvalue weighted by molar-refractivity contribution is 7.18. The molecule has 7 heteroatoms. The summed E-state index contributed by atoms with van der Waals surface area (Å²) in [6.07, 6.45) is 4.83. The summed E-state index contributed by atoms with van der Waals surface area (Å²) in [5, 5.41) is 0.808. The van der Waals surface area contributed by atoms with Gasteiger partial charge in [0.1, 0.15) is 10.7 Å². The molecule has 0 atom stereocenters. The van der Waals surface area contributed by atoms with Crippen LogP contribution in [0.4, 0.5) is 0 Å². The second kappa shape index (κ2) is 6.88. The van der Waals surface area contributed by atoms with Crippen LogP contribution in [0.15, 0.2) is 4.79 Å². The number of aromatic amines is 1. The lowest BCUT2D eigenvalue weighted by molar-refractivity contribution is -0.149. The lowest BCUT2D eigenvalue weighted by atomic mass is 9.97. The van der Waals surface area contributed by atoms with Crippen molar-refractivity contribution < 1.29 is 9.53 Å². The molecular formula is C18H23N3O3S. The average Bonchev–Trinajstić information content (AvgIpc) is 3.16. The number of hydrogen-bond donors (Lipinski definition) is 1. The van der Waals surface area contributed by atoms with Crippen molar-refractivity contribution in [3.63, 3.8) is 0 Å². The molecule has 1 fully saturated rings. The van der Waals surface area contributed by atoms with E-state index in [9.17, 15) is 9.59 Å². The molecule has 25 heavy (non-hydrogen) atoms. The van der Waals surface area contributed by atoms with Gasteiger partial charge < -0.3 is 9.72 Å². The van der Waals surface area contributed by atoms with Gasteiger partial charge in [0.25, 0.3) is 5.56 Å². The normalized spacial score (nSPS) is 18.6. The maximum atomic E-state index is 12.5. The first-order valence-electron chi connectivity index (χ1n) is 9.08. The summed E-state index contributed by atoms with van der Waals surface area (Å²) in [7, 11) is 0. The molecule has 2 aromatic rings. The zero-order chi connectivity index (χ0) is 17.4. The summed E-state index contributed by atoms with van der Waals surface area (Å²) in [5.41, 5.74) is 1.22. The quantitative estimate of drug-likeness (QED) is 0.846. The number of aryl methyl sites for hydroxylation is 2. The zero-order valence-electron chi connectivity index (χ0n) is 14.5. The summed E-state index contributed by atoms with van der Waals surface area (Å²) in [5.74, 6) is 0.654. The number of piperidine rings is 1. The monoisotopic (exact) mass is 361 g/mol. The lowest BCUT2D eigenvalue weighted by Crippen LogP contribution is -2.37. The Bertz CT molecular complexity index is 849. The van der Waals surface area contributed by atoms with Gasteiger partial charge in [-0.25, -0.2) is 4.98 Å². The van der Waals surface area contributed by atoms with E-state index < -0.39 is 0 Å². The number of nitrogens with one attached hydrogen (secondary N) is 1. The highest BCUT2D eigenvalue weighted by Gasteiger charge is 2.27. The van der Waals surface area contributed by atoms with Crippen LogP contribution in [0.3, 0.4) is 0 Å². The topological polar surface area (TPSA) is 75.3 Å². The number of likely N-dealkylation sites (tertiary alicyclic amines) is 1. The van der Waals surface area contributed by atoms with Crippen LogP contribution in [0.5, 0.6) is 0 Å². The van der Waals surface area contributed by atoms with Gasteiger partial charge in [0, 0.05) is 4.88 Å². The van der Waals surface area contributed by atoms with Crippen LogP contribution in [-0.4, -0.2) is 40.5 Å². The Morgan fingerprint density at radius 3 is 2.92 bits per heavy atom. The Labute approximate surface area is 150 Å². The molecule has 4 rings (SSSR count). The highest BCUT2D eigenvalue weighted by atomic mass is 32.1. The first-order chi connectivity index (χ1) is 12.2. The minimum absolute atomic E-state index is 0.000750. The molecule has 1 N–H and O–H groups in total. The zero-order valence-corrected chi connectivity index (χ0v) is 15.3. The molecule has 134 valence electrons. The number of nitrogens with zero attached hydrogens (tertiary/aromatic N) is 2. The molecule has 0 aromatic carbocycles. The van der Waals surface area contributed by atoms with E-state index in [0.717, 1.165) is 61.2 Å². The molecular weight excluding hydrogens is 338 g/mol. The highest BCUT2D eigenvalue weighted by Crippen LogP contribution is 2.34. The van der Waals surface area contributed by atoms with Gasteiger partial charge in [-0.05, 0) is 57.7 Å². The van der Waals surface area contributed by atoms with E-state index in [2.05, 4.69) is 9.88 Å². The van der Waals surface area contributed by atoms with E-state index in [4.69, 9.17) is 9.72 Å². The number of H-pyrrole nitrogens is 1. The molecule has 0 spiro atoms. The van der Waals surface area contributed by atoms with Crippen molar-refractivity contribution >= 4 is 27.5 Å². The predicted molar refractivity (Wildman–Crippen MR) is 96.9 cm³/mol. The molecule has 0 unspecified atom stereocenters. The van der Waals surface area contributed by atoms with Crippen LogP contribution in [0.1, 0.15) is 42.5 Å². The van der Waals surface area contributed by atoms with Crippen molar-refractivity contribution in [1.29, 1.82) is 0 Å². The summed E-state index contributed by atoms with van der Waals surface area (Å²) in [6.45, 7) is 4.56. The van der Waals surface area contributed by atoms with E-state index in [-0.39, 0.29) is 17.4 Å². The second-order valence-corrected chi connectivity index (χ2v) is 7.94. The van der Waals surface area contributed by atoms with Crippen molar-refractivity contribution in [2.24, 2.45) is 5.92 Å². The third kappa shape index (κ3) is 3.22. The van der Waals surface area contributed by atoms with Gasteiger partial charge >= 0.3 is 5.97 Å². The second-order valence-electron chi connectivity index (χ2n) is 6.85. The Balaban J connectivity index is 1.45. The molecule has 2 aliphatic rings. The van der Waals surface area contributed by atoms with Crippen LogP contribution in [0, 0.1) is 5.92 Å². The lowest BCUT2D eigenvalue weighted by Gasteiger charge is -2.30. The molecule has 2 aromatic heterocycles. The van der Waals surface area contributed by atoms with Crippen LogP contribution in [-0.2, 0) is 28.9 Å². The van der Waals surface area contributed by atoms with Gasteiger partial charge in [-0.3, -0.25) is 14.5 Å². The van der Waals surface area contributed by atoms with Crippen molar-refractivity contribution in [3.05, 3.63) is 26.6 Å². The number of carbonyl (C=O) groups is 1. The molecule has 1 aliphatic carbocycles. The first-order valence-corrected chi connectivity index (χ1v) is 9.89. The fraction of sp³-hybridized carbons (Fsp3) is 0.611. The Morgan fingerprint density at radius 2 is 2.16 bits per heavy atom. The summed E-state index contributed by atoms with van der Waals surface area (Å²) < 4.78 is 5.11. The van der Waals surface area contributed by atoms with Crippen molar-refractivity contribution in [2.75, 3.05) is 19.7 Å². The number of ether oxygens (including phenoxy) is 1. The summed E-state index contributed by atoms with van der Waals surface area (Å²) in [4.78, 5) is 36.5. The number of rotatable bonds is 4. The molecule has 6 nitrogen and oxygen atoms in total. The van der Waals surface area contributed by atoms with Crippen molar-refractivity contribution in [1.82, 2.24) is 14.9 Å². The van der Waals surface area contributed by atoms with Crippen molar-refractivity contribution in [3.8, 4) is 0 Å². The van der Waals surface area contributed by atoms with Crippen LogP contribution >= 0.6 is 11.3 Å². The van der Waals surface area contributed by atoms with Gasteiger partial charge in [0.05, 0.1) is 24.5 Å². The number of fused-ring (bicyclic) bond motifs is 3. The maximum absolute atomic E-state index is 12.5. The Morgan fingerprint density at radius 1 is 1.36 bits per heavy atom. The smallest absolute Gasteiger partial charge is 0.309 e. The molecule has 0 saturated carbocycles. The Hall–Kier alpha value is -1.73. The van der Waals surface area contributed by atoms with Crippen LogP contribution < -0.4 is 5.56 Å². The third-order valence-corrected chi connectivity index (χ3v) is 6.39. The maximum Gasteiger partial charge on any atom is 0.309 e. The fourth-order valence-electron chi connectivity index (χ4n) is 3.92. The largest absolute Gasteiger partial charge is 0.466 e.